The summed E-state index contributed by atoms with van der Waals surface area (Å²) in [5.41, 5.74) is 16.9. The van der Waals surface area contributed by atoms with Gasteiger partial charge in [0.2, 0.25) is 0 Å². The van der Waals surface area contributed by atoms with Crippen LogP contribution >= 0.6 is 0 Å². The van der Waals surface area contributed by atoms with Gasteiger partial charge in [-0.2, -0.15) is 0 Å². The molecule has 0 aliphatic heterocycles. The van der Waals surface area contributed by atoms with Crippen LogP contribution < -0.4 is 0 Å². The lowest BCUT2D eigenvalue weighted by molar-refractivity contribution is 0.660. The molecule has 9 aromatic carbocycles. The molecular weight excluding hydrogens is 713 g/mol. The van der Waals surface area contributed by atoms with Crippen LogP contribution in [0.15, 0.2) is 194 Å². The van der Waals surface area contributed by atoms with Crippen molar-refractivity contribution in [2.45, 2.75) is 19.3 Å². The lowest BCUT2D eigenvalue weighted by Gasteiger charge is -2.23. The topological polar surface area (TPSA) is 25.8 Å². The molecule has 0 bridgehead atoms. The van der Waals surface area contributed by atoms with Crippen LogP contribution in [0.1, 0.15) is 25.0 Å². The minimum absolute atomic E-state index is 0.0887. The van der Waals surface area contributed by atoms with Gasteiger partial charge in [0.25, 0.3) is 0 Å². The van der Waals surface area contributed by atoms with E-state index in [2.05, 4.69) is 196 Å². The molecule has 2 heteroatoms. The molecule has 0 atom stereocenters. The van der Waals surface area contributed by atoms with E-state index < -0.39 is 0 Å². The van der Waals surface area contributed by atoms with Crippen molar-refractivity contribution in [3.8, 4) is 55.6 Å². The fourth-order valence-corrected chi connectivity index (χ4v) is 10.2. The van der Waals surface area contributed by atoms with E-state index in [1.807, 2.05) is 12.4 Å². The van der Waals surface area contributed by atoms with E-state index in [9.17, 15) is 0 Å². The maximum atomic E-state index is 5.14. The predicted octanol–water partition coefficient (Wildman–Crippen LogP) is 15.2. The molecule has 2 aromatic heterocycles. The zero-order chi connectivity index (χ0) is 39.2. The van der Waals surface area contributed by atoms with Gasteiger partial charge in [0.05, 0.1) is 11.0 Å². The van der Waals surface area contributed by atoms with Crippen LogP contribution in [0.25, 0.3) is 110 Å². The second-order valence-electron chi connectivity index (χ2n) is 16.5. The molecule has 2 nitrogen and oxygen atoms in total. The number of hydrogen-bond acceptors (Lipinski definition) is 2. The Labute approximate surface area is 343 Å². The summed E-state index contributed by atoms with van der Waals surface area (Å²) in [6, 6.07) is 66.7. The Morgan fingerprint density at radius 2 is 0.763 bits per heavy atom. The summed E-state index contributed by atoms with van der Waals surface area (Å²) in [6.07, 6.45) is 3.85. The van der Waals surface area contributed by atoms with Gasteiger partial charge in [0.1, 0.15) is 0 Å². The minimum atomic E-state index is -0.0887. The van der Waals surface area contributed by atoms with Gasteiger partial charge in [-0.05, 0) is 118 Å². The smallest absolute Gasteiger partial charge is 0.0792 e. The zero-order valence-electron chi connectivity index (χ0n) is 32.9. The molecule has 276 valence electrons. The summed E-state index contributed by atoms with van der Waals surface area (Å²) in [4.78, 5) is 10.1. The lowest BCUT2D eigenvalue weighted by Crippen LogP contribution is -2.14. The van der Waals surface area contributed by atoms with E-state index in [0.29, 0.717) is 0 Å². The van der Waals surface area contributed by atoms with Crippen LogP contribution in [0.4, 0.5) is 0 Å². The Kier molecular flexibility index (Phi) is 7.31. The van der Waals surface area contributed by atoms with Gasteiger partial charge < -0.3 is 0 Å². The summed E-state index contributed by atoms with van der Waals surface area (Å²) in [7, 11) is 0. The number of pyridine rings is 2. The van der Waals surface area contributed by atoms with E-state index in [1.54, 1.807) is 0 Å². The largest absolute Gasteiger partial charge is 0.256 e. The Hall–Kier alpha value is -7.42. The Morgan fingerprint density at radius 1 is 0.322 bits per heavy atom. The second-order valence-corrected chi connectivity index (χ2v) is 16.5. The van der Waals surface area contributed by atoms with Crippen LogP contribution in [-0.2, 0) is 5.41 Å². The van der Waals surface area contributed by atoms with E-state index in [-0.39, 0.29) is 5.41 Å². The Bertz CT molecular complexity index is 3410. The molecule has 0 amide bonds. The van der Waals surface area contributed by atoms with Crippen LogP contribution in [0, 0.1) is 0 Å². The molecule has 0 spiro atoms. The number of hydrogen-bond donors (Lipinski definition) is 0. The first-order valence-corrected chi connectivity index (χ1v) is 20.5. The second kappa shape index (κ2) is 12.8. The lowest BCUT2D eigenvalue weighted by atomic mass is 9.81. The molecule has 59 heavy (non-hydrogen) atoms. The third-order valence-electron chi connectivity index (χ3n) is 12.9. The summed E-state index contributed by atoms with van der Waals surface area (Å²) < 4.78 is 0. The van der Waals surface area contributed by atoms with Gasteiger partial charge in [0.15, 0.2) is 0 Å². The molecular formula is C57H38N2. The molecule has 0 saturated carbocycles. The Morgan fingerprint density at radius 3 is 1.36 bits per heavy atom. The molecule has 11 aromatic rings. The summed E-state index contributed by atoms with van der Waals surface area (Å²) in [6.45, 7) is 4.70. The predicted molar refractivity (Wildman–Crippen MR) is 249 cm³/mol. The molecule has 12 rings (SSSR count). The van der Waals surface area contributed by atoms with Crippen molar-refractivity contribution >= 4 is 54.1 Å². The van der Waals surface area contributed by atoms with Crippen LogP contribution in [0.3, 0.4) is 0 Å². The van der Waals surface area contributed by atoms with Crippen molar-refractivity contribution in [2.24, 2.45) is 0 Å². The highest BCUT2D eigenvalue weighted by Crippen LogP contribution is 2.51. The fraction of sp³-hybridized carbons (Fsp3) is 0.0526. The summed E-state index contributed by atoms with van der Waals surface area (Å²) >= 11 is 0. The SMILES string of the molecule is CC1(C)c2ccccc2-c2ccc(-c3c4ccccc4c(-c4ccc5cc(-c6c7ccccc7c(-c7ccccc7)c7ncccc67)ccc5c4)c4cccnc34)cc21. The Balaban J connectivity index is 1.03. The van der Waals surface area contributed by atoms with E-state index in [0.717, 1.165) is 21.8 Å². The van der Waals surface area contributed by atoms with Crippen molar-refractivity contribution in [3.63, 3.8) is 0 Å². The van der Waals surface area contributed by atoms with E-state index >= 15 is 0 Å². The maximum absolute atomic E-state index is 5.14. The van der Waals surface area contributed by atoms with Crippen molar-refractivity contribution in [3.05, 3.63) is 206 Å². The quantitative estimate of drug-likeness (QED) is 0.167. The molecule has 0 saturated heterocycles. The molecule has 2 heterocycles. The average Bonchev–Trinajstić information content (AvgIpc) is 3.52. The maximum Gasteiger partial charge on any atom is 0.0792 e. The van der Waals surface area contributed by atoms with Gasteiger partial charge in [0, 0.05) is 39.7 Å². The van der Waals surface area contributed by atoms with Gasteiger partial charge in [-0.15, -0.1) is 0 Å². The van der Waals surface area contributed by atoms with Crippen molar-refractivity contribution in [2.75, 3.05) is 0 Å². The number of benzene rings is 9. The monoisotopic (exact) mass is 750 g/mol. The minimum Gasteiger partial charge on any atom is -0.256 e. The van der Waals surface area contributed by atoms with Gasteiger partial charge in [-0.1, -0.05) is 166 Å². The van der Waals surface area contributed by atoms with Crippen LogP contribution in [0.5, 0.6) is 0 Å². The third kappa shape index (κ3) is 5.00. The highest BCUT2D eigenvalue weighted by molar-refractivity contribution is 6.22. The van der Waals surface area contributed by atoms with Gasteiger partial charge >= 0.3 is 0 Å². The van der Waals surface area contributed by atoms with Crippen molar-refractivity contribution < 1.29 is 0 Å². The fourth-order valence-electron chi connectivity index (χ4n) is 10.2. The highest BCUT2D eigenvalue weighted by Gasteiger charge is 2.35. The van der Waals surface area contributed by atoms with Crippen LogP contribution in [-0.4, -0.2) is 9.97 Å². The molecule has 1 aliphatic carbocycles. The standard InChI is InChI=1S/C57H38N2/c1-57(2)49-23-11-10-16-41(49)42-29-28-40(34-50(42)57)54-46-20-9-7-18-44(46)52(48-22-13-31-59-56(48)54)39-27-25-36-32-38(26-24-37(36)33-39)51-43-17-6-8-19-45(43)53(35-14-4-3-5-15-35)55-47(51)21-12-30-58-55/h3-34H,1-2H3. The van der Waals surface area contributed by atoms with E-state index in [1.165, 1.54) is 99.1 Å². The summed E-state index contributed by atoms with van der Waals surface area (Å²) in [5.74, 6) is 0. The first kappa shape index (κ1) is 33.7. The molecule has 0 radical (unpaired) electrons. The molecule has 0 fully saturated rings. The zero-order valence-corrected chi connectivity index (χ0v) is 32.9. The number of fused-ring (bicyclic) bond motifs is 8. The summed E-state index contributed by atoms with van der Waals surface area (Å²) in [5, 5.41) is 9.58. The van der Waals surface area contributed by atoms with Crippen molar-refractivity contribution in [1.82, 2.24) is 9.97 Å². The number of nitrogens with zero attached hydrogens (tertiary/aromatic N) is 2. The number of rotatable bonds is 4. The van der Waals surface area contributed by atoms with Gasteiger partial charge in [-0.25, -0.2) is 0 Å². The van der Waals surface area contributed by atoms with Gasteiger partial charge in [-0.3, -0.25) is 9.97 Å². The first-order valence-electron chi connectivity index (χ1n) is 20.5. The number of aromatic nitrogens is 2. The first-order chi connectivity index (χ1) is 29.0. The molecule has 1 aliphatic rings. The molecule has 0 unspecified atom stereocenters. The van der Waals surface area contributed by atoms with E-state index in [4.69, 9.17) is 9.97 Å². The third-order valence-corrected chi connectivity index (χ3v) is 12.9. The van der Waals surface area contributed by atoms with Crippen molar-refractivity contribution in [1.29, 1.82) is 0 Å². The van der Waals surface area contributed by atoms with Crippen LogP contribution in [0.2, 0.25) is 0 Å². The average molecular weight is 751 g/mol. The highest BCUT2D eigenvalue weighted by atomic mass is 14.7. The molecule has 0 N–H and O–H groups in total. The normalized spacial score (nSPS) is 13.1.